The summed E-state index contributed by atoms with van der Waals surface area (Å²) in [5.74, 6) is -1.52. The molecule has 0 spiro atoms. The summed E-state index contributed by atoms with van der Waals surface area (Å²) in [5.41, 5.74) is 1.01. The van der Waals surface area contributed by atoms with Crippen LogP contribution in [0.15, 0.2) is 42.5 Å². The molecule has 1 heterocycles. The van der Waals surface area contributed by atoms with Crippen molar-refractivity contribution >= 4 is 0 Å². The van der Waals surface area contributed by atoms with Crippen LogP contribution in [0.25, 0.3) is 0 Å². The van der Waals surface area contributed by atoms with E-state index in [1.807, 2.05) is 4.90 Å². The molecule has 1 saturated heterocycles. The molecule has 1 aliphatic heterocycles. The second-order valence-electron chi connectivity index (χ2n) is 5.98. The van der Waals surface area contributed by atoms with Gasteiger partial charge in [0.2, 0.25) is 0 Å². The predicted octanol–water partition coefficient (Wildman–Crippen LogP) is 3.42. The Morgan fingerprint density at radius 1 is 1.04 bits per heavy atom. The van der Waals surface area contributed by atoms with Gasteiger partial charge in [-0.1, -0.05) is 24.3 Å². The van der Waals surface area contributed by atoms with Crippen molar-refractivity contribution in [1.29, 1.82) is 0 Å². The van der Waals surface area contributed by atoms with Gasteiger partial charge in [-0.2, -0.15) is 0 Å². The third-order valence-corrected chi connectivity index (χ3v) is 4.26. The van der Waals surface area contributed by atoms with E-state index < -0.39 is 24.0 Å². The molecule has 0 amide bonds. The van der Waals surface area contributed by atoms with Crippen molar-refractivity contribution in [2.24, 2.45) is 0 Å². The molecule has 1 aliphatic rings. The van der Waals surface area contributed by atoms with Gasteiger partial charge in [0.15, 0.2) is 11.6 Å². The second-order valence-corrected chi connectivity index (χ2v) is 5.98. The van der Waals surface area contributed by atoms with E-state index in [1.165, 1.54) is 30.3 Å². The van der Waals surface area contributed by atoms with Crippen molar-refractivity contribution in [2.45, 2.75) is 12.4 Å². The van der Waals surface area contributed by atoms with E-state index in [0.717, 1.165) is 19.2 Å². The van der Waals surface area contributed by atoms with Gasteiger partial charge in [0, 0.05) is 31.7 Å². The van der Waals surface area contributed by atoms with Gasteiger partial charge in [-0.25, -0.2) is 4.39 Å². The van der Waals surface area contributed by atoms with E-state index in [2.05, 4.69) is 10.1 Å². The van der Waals surface area contributed by atoms with Crippen LogP contribution >= 0.6 is 0 Å². The summed E-state index contributed by atoms with van der Waals surface area (Å²) in [7, 11) is 0. The fraction of sp³-hybridized carbons (Fsp3) is 0.333. The van der Waals surface area contributed by atoms with Crippen LogP contribution in [0.4, 0.5) is 17.6 Å². The first-order valence-electron chi connectivity index (χ1n) is 8.13. The number of nitrogens with zero attached hydrogens (tertiary/aromatic N) is 1. The quantitative estimate of drug-likeness (QED) is 0.810. The highest BCUT2D eigenvalue weighted by molar-refractivity contribution is 5.43. The summed E-state index contributed by atoms with van der Waals surface area (Å²) in [6.07, 6.45) is -4.76. The van der Waals surface area contributed by atoms with E-state index >= 15 is 0 Å². The molecule has 1 fully saturated rings. The molecular formula is C18H18F4N2O2. The number of alkyl halides is 3. The molecule has 140 valence electrons. The molecule has 0 radical (unpaired) electrons. The van der Waals surface area contributed by atoms with Gasteiger partial charge in [0.1, 0.15) is 5.75 Å². The molecule has 26 heavy (non-hydrogen) atoms. The monoisotopic (exact) mass is 370 g/mol. The Labute approximate surface area is 148 Å². The Morgan fingerprint density at radius 3 is 2.31 bits per heavy atom. The van der Waals surface area contributed by atoms with Crippen molar-refractivity contribution in [3.8, 4) is 11.5 Å². The lowest BCUT2D eigenvalue weighted by Crippen LogP contribution is -2.45. The second kappa shape index (κ2) is 7.51. The van der Waals surface area contributed by atoms with Gasteiger partial charge in [-0.15, -0.1) is 13.2 Å². The molecular weight excluding hydrogens is 352 g/mol. The molecule has 4 nitrogen and oxygen atoms in total. The molecule has 2 N–H and O–H groups in total. The molecule has 0 aromatic heterocycles. The van der Waals surface area contributed by atoms with Crippen LogP contribution in [0.3, 0.4) is 0 Å². The molecule has 0 bridgehead atoms. The van der Waals surface area contributed by atoms with Crippen LogP contribution in [-0.4, -0.2) is 42.5 Å². The van der Waals surface area contributed by atoms with Crippen molar-refractivity contribution in [3.63, 3.8) is 0 Å². The molecule has 1 atom stereocenters. The van der Waals surface area contributed by atoms with E-state index in [4.69, 9.17) is 0 Å². The van der Waals surface area contributed by atoms with Crippen molar-refractivity contribution < 1.29 is 27.4 Å². The van der Waals surface area contributed by atoms with E-state index in [0.29, 0.717) is 24.2 Å². The zero-order valence-electron chi connectivity index (χ0n) is 13.8. The Morgan fingerprint density at radius 2 is 1.69 bits per heavy atom. The van der Waals surface area contributed by atoms with Gasteiger partial charge in [0.05, 0.1) is 6.04 Å². The van der Waals surface area contributed by atoms with Crippen molar-refractivity contribution in [1.82, 2.24) is 10.2 Å². The minimum Gasteiger partial charge on any atom is -0.505 e. The average molecular weight is 370 g/mol. The summed E-state index contributed by atoms with van der Waals surface area (Å²) in [5, 5.41) is 13.4. The summed E-state index contributed by atoms with van der Waals surface area (Å²) < 4.78 is 54.8. The Kier molecular flexibility index (Phi) is 5.33. The first kappa shape index (κ1) is 18.5. The predicted molar refractivity (Wildman–Crippen MR) is 87.5 cm³/mol. The molecule has 3 rings (SSSR count). The molecule has 8 heteroatoms. The highest BCUT2D eigenvalue weighted by atomic mass is 19.4. The number of aromatic hydroxyl groups is 1. The topological polar surface area (TPSA) is 44.7 Å². The van der Waals surface area contributed by atoms with E-state index in [1.54, 1.807) is 6.07 Å². The minimum atomic E-state index is -4.76. The number of halogens is 4. The van der Waals surface area contributed by atoms with Crippen LogP contribution in [-0.2, 0) is 0 Å². The maximum atomic E-state index is 13.8. The zero-order valence-corrected chi connectivity index (χ0v) is 13.8. The first-order chi connectivity index (χ1) is 12.3. The first-order valence-corrected chi connectivity index (χ1v) is 8.13. The van der Waals surface area contributed by atoms with Gasteiger partial charge in [-0.05, 0) is 23.8 Å². The molecule has 0 saturated carbocycles. The number of rotatable bonds is 4. The number of piperazine rings is 1. The van der Waals surface area contributed by atoms with Crippen molar-refractivity contribution in [2.75, 3.05) is 26.2 Å². The van der Waals surface area contributed by atoms with Crippen LogP contribution in [0.2, 0.25) is 0 Å². The maximum Gasteiger partial charge on any atom is 0.573 e. The maximum absolute atomic E-state index is 13.8. The van der Waals surface area contributed by atoms with Crippen LogP contribution in [0, 0.1) is 5.82 Å². The van der Waals surface area contributed by atoms with Crippen LogP contribution in [0.5, 0.6) is 11.5 Å². The SMILES string of the molecule is Oc1c(F)cccc1[C@@H](c1ccc(OC(F)(F)F)cc1)N1CCNCC1. The summed E-state index contributed by atoms with van der Waals surface area (Å²) >= 11 is 0. The Bertz CT molecular complexity index is 744. The Hall–Kier alpha value is -2.32. The molecule has 0 aliphatic carbocycles. The summed E-state index contributed by atoms with van der Waals surface area (Å²) in [6, 6.07) is 9.23. The van der Waals surface area contributed by atoms with Gasteiger partial charge >= 0.3 is 6.36 Å². The Balaban J connectivity index is 1.96. The molecule has 2 aromatic carbocycles. The number of nitrogens with one attached hydrogen (secondary N) is 1. The van der Waals surface area contributed by atoms with Gasteiger partial charge in [-0.3, -0.25) is 4.90 Å². The highest BCUT2D eigenvalue weighted by Crippen LogP contribution is 2.36. The minimum absolute atomic E-state index is 0.330. The average Bonchev–Trinajstić information content (AvgIpc) is 2.60. The van der Waals surface area contributed by atoms with Crippen LogP contribution in [0.1, 0.15) is 17.2 Å². The third-order valence-electron chi connectivity index (χ3n) is 4.26. The number of phenolic OH excluding ortho intramolecular Hbond substituents is 1. The lowest BCUT2D eigenvalue weighted by Gasteiger charge is -2.35. The number of ether oxygens (including phenoxy) is 1. The highest BCUT2D eigenvalue weighted by Gasteiger charge is 2.31. The standard InChI is InChI=1S/C18H18F4N2O2/c19-15-3-1-2-14(17(15)25)16(24-10-8-23-9-11-24)12-4-6-13(7-5-12)26-18(20,21)22/h1-7,16,23,25H,8-11H2/t16-/m1/s1. The molecule has 2 aromatic rings. The lowest BCUT2D eigenvalue weighted by molar-refractivity contribution is -0.274. The zero-order chi connectivity index (χ0) is 18.7. The molecule has 0 unspecified atom stereocenters. The summed E-state index contributed by atoms with van der Waals surface area (Å²) in [4.78, 5) is 2.05. The number of para-hydroxylation sites is 1. The number of hydrogen-bond acceptors (Lipinski definition) is 4. The largest absolute Gasteiger partial charge is 0.573 e. The normalized spacial score (nSPS) is 17.1. The van der Waals surface area contributed by atoms with Crippen LogP contribution < -0.4 is 10.1 Å². The van der Waals surface area contributed by atoms with Gasteiger partial charge in [0.25, 0.3) is 0 Å². The summed E-state index contributed by atoms with van der Waals surface area (Å²) in [6.45, 7) is 2.76. The fourth-order valence-electron chi connectivity index (χ4n) is 3.13. The smallest absolute Gasteiger partial charge is 0.505 e. The number of benzene rings is 2. The third kappa shape index (κ3) is 4.25. The fourth-order valence-corrected chi connectivity index (χ4v) is 3.13. The van der Waals surface area contributed by atoms with E-state index in [9.17, 15) is 22.7 Å². The van der Waals surface area contributed by atoms with Gasteiger partial charge < -0.3 is 15.2 Å². The van der Waals surface area contributed by atoms with Crippen molar-refractivity contribution in [3.05, 3.63) is 59.4 Å². The number of phenols is 1. The lowest BCUT2D eigenvalue weighted by atomic mass is 9.95. The number of hydrogen-bond donors (Lipinski definition) is 2. The van der Waals surface area contributed by atoms with E-state index in [-0.39, 0.29) is 5.75 Å².